The van der Waals surface area contributed by atoms with Gasteiger partial charge in [-0.05, 0) is 44.0 Å². The van der Waals surface area contributed by atoms with Gasteiger partial charge in [0.25, 0.3) is 0 Å². The van der Waals surface area contributed by atoms with Crippen molar-refractivity contribution in [1.82, 2.24) is 4.90 Å². The molecular formula is C16H20BrN3. The molecule has 2 heterocycles. The molecule has 0 N–H and O–H groups in total. The molecule has 1 aromatic rings. The maximum Gasteiger partial charge on any atom is 0.101 e. The van der Waals surface area contributed by atoms with E-state index in [1.807, 2.05) is 6.07 Å². The van der Waals surface area contributed by atoms with Crippen LogP contribution in [0.1, 0.15) is 30.9 Å². The lowest BCUT2D eigenvalue weighted by Crippen LogP contribution is -2.55. The molecule has 2 unspecified atom stereocenters. The Hall–Kier alpha value is -1.05. The number of benzene rings is 1. The van der Waals surface area contributed by atoms with Crippen LogP contribution in [0.4, 0.5) is 5.69 Å². The highest BCUT2D eigenvalue weighted by atomic mass is 79.9. The number of rotatable bonds is 2. The molecule has 2 fully saturated rings. The van der Waals surface area contributed by atoms with Crippen LogP contribution in [0, 0.1) is 11.3 Å². The van der Waals surface area contributed by atoms with Crippen LogP contribution in [0.2, 0.25) is 0 Å². The molecule has 0 saturated carbocycles. The van der Waals surface area contributed by atoms with Crippen molar-refractivity contribution in [3.8, 4) is 6.07 Å². The van der Waals surface area contributed by atoms with Crippen LogP contribution in [-0.4, -0.2) is 36.6 Å². The SMILES string of the molecule is CC1CN2CCCC2CN1c1ccc(CBr)cc1C#N. The molecule has 1 aromatic carbocycles. The molecule has 3 nitrogen and oxygen atoms in total. The van der Waals surface area contributed by atoms with Crippen LogP contribution in [0.3, 0.4) is 0 Å². The first-order valence-electron chi connectivity index (χ1n) is 7.32. The number of alkyl halides is 1. The molecule has 0 amide bonds. The maximum atomic E-state index is 9.44. The van der Waals surface area contributed by atoms with Crippen LogP contribution in [0.15, 0.2) is 18.2 Å². The topological polar surface area (TPSA) is 30.3 Å². The van der Waals surface area contributed by atoms with Gasteiger partial charge in [-0.1, -0.05) is 22.0 Å². The lowest BCUT2D eigenvalue weighted by molar-refractivity contribution is 0.203. The van der Waals surface area contributed by atoms with E-state index in [1.54, 1.807) is 0 Å². The Bertz CT molecular complexity index is 537. The molecule has 0 aromatic heterocycles. The second kappa shape index (κ2) is 5.75. The van der Waals surface area contributed by atoms with Crippen molar-refractivity contribution in [2.75, 3.05) is 24.5 Å². The molecule has 0 bridgehead atoms. The van der Waals surface area contributed by atoms with E-state index in [4.69, 9.17) is 0 Å². The molecular weight excluding hydrogens is 314 g/mol. The van der Waals surface area contributed by atoms with Crippen molar-refractivity contribution < 1.29 is 0 Å². The van der Waals surface area contributed by atoms with E-state index in [0.29, 0.717) is 12.1 Å². The summed E-state index contributed by atoms with van der Waals surface area (Å²) < 4.78 is 0. The Kier molecular flexibility index (Phi) is 4.00. The Morgan fingerprint density at radius 3 is 3.00 bits per heavy atom. The van der Waals surface area contributed by atoms with Gasteiger partial charge in [0.2, 0.25) is 0 Å². The molecule has 20 heavy (non-hydrogen) atoms. The lowest BCUT2D eigenvalue weighted by Gasteiger charge is -2.44. The number of anilines is 1. The molecule has 0 aliphatic carbocycles. The second-order valence-corrected chi connectivity index (χ2v) is 6.45. The molecule has 106 valence electrons. The average molecular weight is 334 g/mol. The van der Waals surface area contributed by atoms with E-state index in [2.05, 4.69) is 50.9 Å². The fraction of sp³-hybridized carbons (Fsp3) is 0.562. The van der Waals surface area contributed by atoms with Crippen LogP contribution in [0.25, 0.3) is 0 Å². The number of hydrogen-bond acceptors (Lipinski definition) is 3. The van der Waals surface area contributed by atoms with Crippen molar-refractivity contribution in [2.24, 2.45) is 0 Å². The molecule has 2 aliphatic rings. The summed E-state index contributed by atoms with van der Waals surface area (Å²) in [5.74, 6) is 0. The first-order chi connectivity index (χ1) is 9.72. The highest BCUT2D eigenvalue weighted by Gasteiger charge is 2.35. The highest BCUT2D eigenvalue weighted by Crippen LogP contribution is 2.31. The molecule has 0 radical (unpaired) electrons. The van der Waals surface area contributed by atoms with Gasteiger partial charge in [0.05, 0.1) is 11.3 Å². The summed E-state index contributed by atoms with van der Waals surface area (Å²) in [5.41, 5.74) is 3.08. The summed E-state index contributed by atoms with van der Waals surface area (Å²) in [4.78, 5) is 5.04. The highest BCUT2D eigenvalue weighted by molar-refractivity contribution is 9.08. The van der Waals surface area contributed by atoms with Gasteiger partial charge in [0.15, 0.2) is 0 Å². The van der Waals surface area contributed by atoms with Gasteiger partial charge >= 0.3 is 0 Å². The average Bonchev–Trinajstić information content (AvgIpc) is 2.92. The number of halogens is 1. The molecule has 2 saturated heterocycles. The number of hydrogen-bond donors (Lipinski definition) is 0. The maximum absolute atomic E-state index is 9.44. The zero-order chi connectivity index (χ0) is 14.1. The zero-order valence-corrected chi connectivity index (χ0v) is 13.4. The van der Waals surface area contributed by atoms with Gasteiger partial charge in [-0.25, -0.2) is 0 Å². The van der Waals surface area contributed by atoms with E-state index in [9.17, 15) is 5.26 Å². The summed E-state index contributed by atoms with van der Waals surface area (Å²) in [5, 5.41) is 10.2. The van der Waals surface area contributed by atoms with E-state index < -0.39 is 0 Å². The minimum Gasteiger partial charge on any atom is -0.365 e. The first-order valence-corrected chi connectivity index (χ1v) is 8.44. The second-order valence-electron chi connectivity index (χ2n) is 5.89. The van der Waals surface area contributed by atoms with E-state index in [1.165, 1.54) is 19.4 Å². The summed E-state index contributed by atoms with van der Waals surface area (Å²) in [6, 6.07) is 9.78. The van der Waals surface area contributed by atoms with Gasteiger partial charge in [0.1, 0.15) is 6.07 Å². The first kappa shape index (κ1) is 13.9. The number of piperazine rings is 1. The third kappa shape index (κ3) is 2.45. The monoisotopic (exact) mass is 333 g/mol. The standard InChI is InChI=1S/C16H20BrN3/c1-12-10-19-6-2-3-15(19)11-20(12)16-5-4-13(8-17)7-14(16)9-18/h4-5,7,12,15H,2-3,6,8,10-11H2,1H3. The van der Waals surface area contributed by atoms with Crippen molar-refractivity contribution in [2.45, 2.75) is 37.2 Å². The molecule has 0 spiro atoms. The summed E-state index contributed by atoms with van der Waals surface area (Å²) in [6.45, 7) is 5.70. The Labute approximate surface area is 129 Å². The predicted molar refractivity (Wildman–Crippen MR) is 85.2 cm³/mol. The van der Waals surface area contributed by atoms with E-state index in [-0.39, 0.29) is 0 Å². The van der Waals surface area contributed by atoms with Crippen LogP contribution < -0.4 is 4.90 Å². The third-order valence-electron chi connectivity index (χ3n) is 4.58. The van der Waals surface area contributed by atoms with E-state index >= 15 is 0 Å². The van der Waals surface area contributed by atoms with Gasteiger partial charge in [-0.2, -0.15) is 5.26 Å². The Morgan fingerprint density at radius 1 is 1.40 bits per heavy atom. The van der Waals surface area contributed by atoms with Crippen LogP contribution >= 0.6 is 15.9 Å². The molecule has 2 aliphatic heterocycles. The fourth-order valence-electron chi connectivity index (χ4n) is 3.53. The number of nitrogens with zero attached hydrogens (tertiary/aromatic N) is 3. The van der Waals surface area contributed by atoms with Crippen LogP contribution in [0.5, 0.6) is 0 Å². The van der Waals surface area contributed by atoms with Crippen molar-refractivity contribution in [3.63, 3.8) is 0 Å². The third-order valence-corrected chi connectivity index (χ3v) is 5.23. The fourth-order valence-corrected chi connectivity index (χ4v) is 3.88. The quantitative estimate of drug-likeness (QED) is 0.779. The summed E-state index contributed by atoms with van der Waals surface area (Å²) in [7, 11) is 0. The van der Waals surface area contributed by atoms with Crippen LogP contribution in [-0.2, 0) is 5.33 Å². The van der Waals surface area contributed by atoms with Crippen molar-refractivity contribution in [1.29, 1.82) is 5.26 Å². The minimum atomic E-state index is 0.478. The van der Waals surface area contributed by atoms with Gasteiger partial charge in [0, 0.05) is 30.5 Å². The summed E-state index contributed by atoms with van der Waals surface area (Å²) >= 11 is 3.46. The molecule has 2 atom stereocenters. The van der Waals surface area contributed by atoms with Gasteiger partial charge in [-0.15, -0.1) is 0 Å². The minimum absolute atomic E-state index is 0.478. The predicted octanol–water partition coefficient (Wildman–Crippen LogP) is 3.13. The van der Waals surface area contributed by atoms with Crippen molar-refractivity contribution in [3.05, 3.63) is 29.3 Å². The smallest absolute Gasteiger partial charge is 0.101 e. The largest absolute Gasteiger partial charge is 0.365 e. The lowest BCUT2D eigenvalue weighted by atomic mass is 10.0. The Balaban J connectivity index is 1.90. The zero-order valence-electron chi connectivity index (χ0n) is 11.8. The van der Waals surface area contributed by atoms with Crippen molar-refractivity contribution >= 4 is 21.6 Å². The molecule has 4 heteroatoms. The summed E-state index contributed by atoms with van der Waals surface area (Å²) in [6.07, 6.45) is 2.61. The number of fused-ring (bicyclic) bond motifs is 1. The number of nitriles is 1. The van der Waals surface area contributed by atoms with E-state index in [0.717, 1.165) is 35.2 Å². The molecule has 3 rings (SSSR count). The normalized spacial score (nSPS) is 26.4. The Morgan fingerprint density at radius 2 is 2.25 bits per heavy atom. The van der Waals surface area contributed by atoms with Gasteiger partial charge < -0.3 is 4.90 Å². The van der Waals surface area contributed by atoms with Gasteiger partial charge in [-0.3, -0.25) is 4.90 Å².